The van der Waals surface area contributed by atoms with Gasteiger partial charge in [0.2, 0.25) is 5.88 Å². The highest BCUT2D eigenvalue weighted by molar-refractivity contribution is 6.32. The maximum Gasteiger partial charge on any atom is 0.412 e. The summed E-state index contributed by atoms with van der Waals surface area (Å²) >= 11 is 6.46. The summed E-state index contributed by atoms with van der Waals surface area (Å²) in [6.07, 6.45) is -0.716. The second-order valence-electron chi connectivity index (χ2n) is 7.44. The molecule has 0 radical (unpaired) electrons. The highest BCUT2D eigenvalue weighted by Crippen LogP contribution is 2.45. The standard InChI is InChI=1S/C21H24ClN3O5/c1-6-28-19(26)15-11(2)29-18(24)12(10-23)16(15)17-13(22)8-7-9-14(17)25-20(27)30-21(3,4)5/h7-9,16H,6,24H2,1-5H3,(H,25,27). The molecule has 8 nitrogen and oxygen atoms in total. The number of hydrogen-bond acceptors (Lipinski definition) is 7. The van der Waals surface area contributed by atoms with Gasteiger partial charge in [-0.3, -0.25) is 5.32 Å². The van der Waals surface area contributed by atoms with Gasteiger partial charge in [-0.15, -0.1) is 0 Å². The Labute approximate surface area is 180 Å². The van der Waals surface area contributed by atoms with Crippen LogP contribution in [0.1, 0.15) is 46.1 Å². The normalized spacial score (nSPS) is 16.5. The van der Waals surface area contributed by atoms with Crippen molar-refractivity contribution >= 4 is 29.4 Å². The molecule has 1 aromatic carbocycles. The summed E-state index contributed by atoms with van der Waals surface area (Å²) < 4.78 is 15.9. The van der Waals surface area contributed by atoms with Crippen LogP contribution < -0.4 is 11.1 Å². The van der Waals surface area contributed by atoms with Crippen LogP contribution in [0.4, 0.5) is 10.5 Å². The Morgan fingerprint density at radius 1 is 1.37 bits per heavy atom. The first-order chi connectivity index (χ1) is 14.0. The van der Waals surface area contributed by atoms with Gasteiger partial charge < -0.3 is 19.9 Å². The lowest BCUT2D eigenvalue weighted by molar-refractivity contribution is -0.139. The summed E-state index contributed by atoms with van der Waals surface area (Å²) in [5, 5.41) is 12.6. The second-order valence-corrected chi connectivity index (χ2v) is 7.85. The second kappa shape index (κ2) is 9.09. The van der Waals surface area contributed by atoms with E-state index in [4.69, 9.17) is 31.5 Å². The number of ether oxygens (including phenoxy) is 3. The average Bonchev–Trinajstić information content (AvgIpc) is 2.60. The van der Waals surface area contributed by atoms with Gasteiger partial charge in [-0.2, -0.15) is 5.26 Å². The van der Waals surface area contributed by atoms with Crippen LogP contribution >= 0.6 is 11.6 Å². The number of rotatable bonds is 4. The predicted molar refractivity (Wildman–Crippen MR) is 111 cm³/mol. The van der Waals surface area contributed by atoms with Gasteiger partial charge in [-0.25, -0.2) is 9.59 Å². The smallest absolute Gasteiger partial charge is 0.412 e. The van der Waals surface area contributed by atoms with E-state index in [2.05, 4.69) is 5.32 Å². The van der Waals surface area contributed by atoms with Crippen molar-refractivity contribution in [2.45, 2.75) is 46.1 Å². The Kier molecular flexibility index (Phi) is 7.00. The molecule has 0 saturated carbocycles. The van der Waals surface area contributed by atoms with Gasteiger partial charge in [0.1, 0.15) is 23.0 Å². The Hall–Kier alpha value is -3.18. The molecule has 3 N–H and O–H groups in total. The number of carbonyl (C=O) groups is 2. The lowest BCUT2D eigenvalue weighted by Crippen LogP contribution is -2.29. The van der Waals surface area contributed by atoms with Crippen LogP contribution in [0.2, 0.25) is 5.02 Å². The number of halogens is 1. The van der Waals surface area contributed by atoms with Crippen molar-refractivity contribution in [2.75, 3.05) is 11.9 Å². The largest absolute Gasteiger partial charge is 0.463 e. The van der Waals surface area contributed by atoms with E-state index in [1.54, 1.807) is 45.9 Å². The fourth-order valence-electron chi connectivity index (χ4n) is 3.00. The molecule has 1 amide bonds. The molecule has 0 fully saturated rings. The molecule has 1 aliphatic heterocycles. The van der Waals surface area contributed by atoms with Crippen LogP contribution in [-0.4, -0.2) is 24.3 Å². The molecule has 160 valence electrons. The Balaban J connectivity index is 2.66. The summed E-state index contributed by atoms with van der Waals surface area (Å²) in [4.78, 5) is 25.1. The van der Waals surface area contributed by atoms with E-state index >= 15 is 0 Å². The first-order valence-electron chi connectivity index (χ1n) is 9.24. The van der Waals surface area contributed by atoms with Gasteiger partial charge in [0.25, 0.3) is 0 Å². The molecular weight excluding hydrogens is 410 g/mol. The van der Waals surface area contributed by atoms with E-state index in [1.165, 1.54) is 6.92 Å². The maximum absolute atomic E-state index is 12.7. The molecular formula is C21H24ClN3O5. The molecule has 1 heterocycles. The van der Waals surface area contributed by atoms with Crippen molar-refractivity contribution in [2.24, 2.45) is 5.73 Å². The fourth-order valence-corrected chi connectivity index (χ4v) is 3.28. The monoisotopic (exact) mass is 433 g/mol. The first-order valence-corrected chi connectivity index (χ1v) is 9.61. The minimum absolute atomic E-state index is 0.0241. The third-order valence-corrected chi connectivity index (χ3v) is 4.41. The van der Waals surface area contributed by atoms with Crippen LogP contribution in [0.5, 0.6) is 0 Å². The number of anilines is 1. The molecule has 0 spiro atoms. The van der Waals surface area contributed by atoms with E-state index in [1.807, 2.05) is 6.07 Å². The Morgan fingerprint density at radius 2 is 2.03 bits per heavy atom. The number of nitrogens with zero attached hydrogens (tertiary/aromatic N) is 1. The highest BCUT2D eigenvalue weighted by atomic mass is 35.5. The molecule has 0 bridgehead atoms. The molecule has 0 aromatic heterocycles. The van der Waals surface area contributed by atoms with Gasteiger partial charge in [0.05, 0.1) is 18.1 Å². The van der Waals surface area contributed by atoms with Gasteiger partial charge >= 0.3 is 12.1 Å². The summed E-state index contributed by atoms with van der Waals surface area (Å²) in [5.41, 5.74) is 5.81. The van der Waals surface area contributed by atoms with E-state index in [9.17, 15) is 14.9 Å². The molecule has 1 aromatic rings. The number of allylic oxidation sites excluding steroid dienone is 2. The molecule has 0 saturated heterocycles. The van der Waals surface area contributed by atoms with Gasteiger partial charge in [0, 0.05) is 16.3 Å². The molecule has 9 heteroatoms. The van der Waals surface area contributed by atoms with Crippen molar-refractivity contribution < 1.29 is 23.8 Å². The Bertz CT molecular complexity index is 970. The van der Waals surface area contributed by atoms with Crippen LogP contribution in [0.15, 0.2) is 41.0 Å². The summed E-state index contributed by atoms with van der Waals surface area (Å²) in [6, 6.07) is 6.77. The zero-order valence-electron chi connectivity index (χ0n) is 17.5. The number of esters is 1. The third kappa shape index (κ3) is 5.05. The zero-order chi connectivity index (χ0) is 22.6. The van der Waals surface area contributed by atoms with Crippen molar-refractivity contribution in [1.82, 2.24) is 0 Å². The SMILES string of the molecule is CCOC(=O)C1=C(C)OC(N)=C(C#N)C1c1c(Cl)cccc1NC(=O)OC(C)(C)C. The predicted octanol–water partition coefficient (Wildman–Crippen LogP) is 4.33. The van der Waals surface area contributed by atoms with Crippen molar-refractivity contribution in [1.29, 1.82) is 5.26 Å². The number of hydrogen-bond donors (Lipinski definition) is 2. The summed E-state index contributed by atoms with van der Waals surface area (Å²) in [5.74, 6) is -1.65. The molecule has 0 aliphatic carbocycles. The van der Waals surface area contributed by atoms with Gasteiger partial charge in [-0.1, -0.05) is 17.7 Å². The van der Waals surface area contributed by atoms with E-state index in [0.29, 0.717) is 5.56 Å². The molecule has 1 aliphatic rings. The third-order valence-electron chi connectivity index (χ3n) is 4.08. The molecule has 2 rings (SSSR count). The lowest BCUT2D eigenvalue weighted by atomic mass is 9.82. The maximum atomic E-state index is 12.7. The minimum atomic E-state index is -0.999. The van der Waals surface area contributed by atoms with E-state index < -0.39 is 23.6 Å². The van der Waals surface area contributed by atoms with Crippen molar-refractivity contribution in [3.8, 4) is 6.07 Å². The van der Waals surface area contributed by atoms with Crippen LogP contribution in [0.25, 0.3) is 0 Å². The number of amides is 1. The quantitative estimate of drug-likeness (QED) is 0.677. The fraction of sp³-hybridized carbons (Fsp3) is 0.381. The van der Waals surface area contributed by atoms with Crippen molar-refractivity contribution in [3.05, 3.63) is 51.6 Å². The summed E-state index contributed by atoms with van der Waals surface area (Å²) in [6.45, 7) is 8.50. The van der Waals surface area contributed by atoms with Gasteiger partial charge in [0.15, 0.2) is 0 Å². The highest BCUT2D eigenvalue weighted by Gasteiger charge is 2.39. The van der Waals surface area contributed by atoms with Crippen LogP contribution in [-0.2, 0) is 19.0 Å². The lowest BCUT2D eigenvalue weighted by Gasteiger charge is -2.29. The summed E-state index contributed by atoms with van der Waals surface area (Å²) in [7, 11) is 0. The molecule has 30 heavy (non-hydrogen) atoms. The van der Waals surface area contributed by atoms with Crippen LogP contribution in [0.3, 0.4) is 0 Å². The average molecular weight is 434 g/mol. The number of nitrogens with one attached hydrogen (secondary N) is 1. The Morgan fingerprint density at radius 3 is 2.60 bits per heavy atom. The number of carbonyl (C=O) groups excluding carboxylic acids is 2. The number of nitrogens with two attached hydrogens (primary N) is 1. The van der Waals surface area contributed by atoms with E-state index in [0.717, 1.165) is 0 Å². The molecule has 1 atom stereocenters. The van der Waals surface area contributed by atoms with Crippen molar-refractivity contribution in [3.63, 3.8) is 0 Å². The van der Waals surface area contributed by atoms with Gasteiger partial charge in [-0.05, 0) is 46.8 Å². The zero-order valence-corrected chi connectivity index (χ0v) is 18.2. The first kappa shape index (κ1) is 23.1. The molecule has 1 unspecified atom stereocenters. The van der Waals surface area contributed by atoms with E-state index in [-0.39, 0.29) is 40.1 Å². The minimum Gasteiger partial charge on any atom is -0.463 e. The number of benzene rings is 1. The topological polar surface area (TPSA) is 124 Å². The number of nitriles is 1. The van der Waals surface area contributed by atoms with Crippen LogP contribution in [0, 0.1) is 11.3 Å².